The Balaban J connectivity index is 1.38. The van der Waals surface area contributed by atoms with E-state index in [1.807, 2.05) is 23.2 Å². The van der Waals surface area contributed by atoms with Crippen molar-refractivity contribution in [3.63, 3.8) is 0 Å². The lowest BCUT2D eigenvalue weighted by atomic mass is 9.76. The molecule has 5 rings (SSSR count). The normalized spacial score (nSPS) is 28.1. The number of likely N-dealkylation sites (tertiary alicyclic amines) is 1. The number of carbonyl (C=O) groups is 1. The maximum atomic E-state index is 13.1. The fourth-order valence-electron chi connectivity index (χ4n) is 6.07. The number of aliphatic hydroxyl groups excluding tert-OH is 2. The highest BCUT2D eigenvalue weighted by Gasteiger charge is 2.38. The van der Waals surface area contributed by atoms with Crippen LogP contribution in [0.5, 0.6) is 0 Å². The number of amides is 1. The molecule has 7 heteroatoms. The molecule has 1 amide bonds. The van der Waals surface area contributed by atoms with Crippen LogP contribution in [0.2, 0.25) is 5.02 Å². The molecule has 1 aliphatic heterocycles. The molecule has 1 saturated heterocycles. The van der Waals surface area contributed by atoms with E-state index in [-0.39, 0.29) is 17.7 Å². The van der Waals surface area contributed by atoms with E-state index in [0.717, 1.165) is 54.0 Å². The van der Waals surface area contributed by atoms with Gasteiger partial charge in [0.05, 0.1) is 17.9 Å². The van der Waals surface area contributed by atoms with Crippen molar-refractivity contribution in [1.29, 1.82) is 0 Å². The lowest BCUT2D eigenvalue weighted by Gasteiger charge is -2.39. The van der Waals surface area contributed by atoms with Gasteiger partial charge in [0.2, 0.25) is 5.91 Å². The van der Waals surface area contributed by atoms with Crippen LogP contribution in [0.1, 0.15) is 60.4 Å². The Hall–Kier alpha value is -1.47. The number of carbonyl (C=O) groups excluding carboxylic acids is 1. The van der Waals surface area contributed by atoms with Crippen molar-refractivity contribution in [1.82, 2.24) is 9.88 Å². The van der Waals surface area contributed by atoms with Crippen LogP contribution in [0.15, 0.2) is 34.9 Å². The third-order valence-corrected chi connectivity index (χ3v) is 8.70. The second-order valence-corrected chi connectivity index (χ2v) is 11.1. The van der Waals surface area contributed by atoms with Crippen molar-refractivity contribution in [2.45, 2.75) is 63.1 Å². The molecular weight excluding hydrogens is 504 g/mol. The first-order chi connectivity index (χ1) is 15.9. The Kier molecular flexibility index (Phi) is 6.81. The Labute approximate surface area is 208 Å². The van der Waals surface area contributed by atoms with Crippen LogP contribution in [0.4, 0.5) is 0 Å². The van der Waals surface area contributed by atoms with Gasteiger partial charge in [0.15, 0.2) is 0 Å². The number of aryl methyl sites for hydroxylation is 2. The van der Waals surface area contributed by atoms with Crippen molar-refractivity contribution in [2.75, 3.05) is 13.1 Å². The third kappa shape index (κ3) is 4.60. The summed E-state index contributed by atoms with van der Waals surface area (Å²) in [6.07, 6.45) is 5.63. The number of hydrogen-bond acceptors (Lipinski definition) is 4. The van der Waals surface area contributed by atoms with Crippen molar-refractivity contribution in [3.8, 4) is 0 Å². The van der Waals surface area contributed by atoms with Gasteiger partial charge in [0, 0.05) is 40.6 Å². The maximum absolute atomic E-state index is 13.1. The molecule has 2 aromatic rings. The molecule has 0 radical (unpaired) electrons. The summed E-state index contributed by atoms with van der Waals surface area (Å²) in [6, 6.07) is 8.30. The minimum Gasteiger partial charge on any atom is -0.390 e. The number of piperidine rings is 1. The van der Waals surface area contributed by atoms with Gasteiger partial charge in [-0.1, -0.05) is 33.6 Å². The summed E-state index contributed by atoms with van der Waals surface area (Å²) in [5.74, 6) is 0.509. The quantitative estimate of drug-likeness (QED) is 0.597. The summed E-state index contributed by atoms with van der Waals surface area (Å²) in [7, 11) is 0. The van der Waals surface area contributed by atoms with Crippen LogP contribution in [-0.4, -0.2) is 51.3 Å². The Bertz CT molecular complexity index is 1040. The maximum Gasteiger partial charge on any atom is 0.225 e. The minimum atomic E-state index is -0.792. The van der Waals surface area contributed by atoms with E-state index in [1.165, 1.54) is 16.7 Å². The molecule has 2 N–H and O–H groups in total. The lowest BCUT2D eigenvalue weighted by molar-refractivity contribution is -0.141. The van der Waals surface area contributed by atoms with Crippen molar-refractivity contribution >= 4 is 33.4 Å². The predicted octanol–water partition coefficient (Wildman–Crippen LogP) is 4.49. The summed E-state index contributed by atoms with van der Waals surface area (Å²) in [6.45, 7) is 1.44. The van der Waals surface area contributed by atoms with E-state index < -0.39 is 12.2 Å². The van der Waals surface area contributed by atoms with Gasteiger partial charge in [-0.05, 0) is 85.8 Å². The summed E-state index contributed by atoms with van der Waals surface area (Å²) >= 11 is 10.2. The van der Waals surface area contributed by atoms with Gasteiger partial charge in [0.25, 0.3) is 0 Å². The van der Waals surface area contributed by atoms with Gasteiger partial charge in [-0.2, -0.15) is 0 Å². The zero-order chi connectivity index (χ0) is 23.1. The Morgan fingerprint density at radius 3 is 2.58 bits per heavy atom. The highest BCUT2D eigenvalue weighted by Crippen LogP contribution is 2.46. The molecule has 2 heterocycles. The first kappa shape index (κ1) is 23.3. The standard InChI is InChI=1S/C26H30BrClN2O3/c27-20-14-19(28)12-17-4-3-16-2-1-9-29-25(16)24(23(17)20)15-7-10-30(11-8-15)26(33)18-5-6-21(31)22(32)13-18/h1-2,9,12,14-15,18,21-22,24,31-32H,3-8,10-11,13H2/t18?,21?,22?,24-/m1/s1. The van der Waals surface area contributed by atoms with E-state index in [0.29, 0.717) is 25.2 Å². The number of benzene rings is 1. The number of fused-ring (bicyclic) bond motifs is 2. The van der Waals surface area contributed by atoms with Crippen molar-refractivity contribution in [3.05, 3.63) is 62.3 Å². The van der Waals surface area contributed by atoms with Crippen LogP contribution >= 0.6 is 27.5 Å². The number of nitrogens with zero attached hydrogens (tertiary/aromatic N) is 2. The number of hydrogen-bond donors (Lipinski definition) is 2. The highest BCUT2D eigenvalue weighted by molar-refractivity contribution is 9.10. The van der Waals surface area contributed by atoms with Crippen LogP contribution in [0.3, 0.4) is 0 Å². The molecule has 5 nitrogen and oxygen atoms in total. The topological polar surface area (TPSA) is 73.7 Å². The molecule has 3 unspecified atom stereocenters. The number of rotatable bonds is 2. The van der Waals surface area contributed by atoms with Gasteiger partial charge < -0.3 is 15.1 Å². The fourth-order valence-corrected chi connectivity index (χ4v) is 7.19. The number of pyridine rings is 1. The van der Waals surface area contributed by atoms with E-state index in [1.54, 1.807) is 0 Å². The Morgan fingerprint density at radius 2 is 1.82 bits per heavy atom. The minimum absolute atomic E-state index is 0.132. The highest BCUT2D eigenvalue weighted by atomic mass is 79.9. The zero-order valence-electron chi connectivity index (χ0n) is 18.6. The van der Waals surface area contributed by atoms with Crippen LogP contribution in [0, 0.1) is 11.8 Å². The molecule has 4 atom stereocenters. The summed E-state index contributed by atoms with van der Waals surface area (Å²) in [5, 5.41) is 20.6. The summed E-state index contributed by atoms with van der Waals surface area (Å²) in [5.41, 5.74) is 5.04. The van der Waals surface area contributed by atoms with Gasteiger partial charge in [-0.3, -0.25) is 9.78 Å². The van der Waals surface area contributed by atoms with Crippen LogP contribution in [0.25, 0.3) is 0 Å². The molecular formula is C26H30BrClN2O3. The third-order valence-electron chi connectivity index (χ3n) is 7.83. The molecule has 2 fully saturated rings. The summed E-state index contributed by atoms with van der Waals surface area (Å²) < 4.78 is 1.04. The monoisotopic (exact) mass is 532 g/mol. The first-order valence-corrected chi connectivity index (χ1v) is 13.2. The number of aliphatic hydroxyl groups is 2. The second-order valence-electron chi connectivity index (χ2n) is 9.79. The van der Waals surface area contributed by atoms with Crippen molar-refractivity contribution in [2.24, 2.45) is 11.8 Å². The average Bonchev–Trinajstić information content (AvgIpc) is 2.98. The van der Waals surface area contributed by atoms with Gasteiger partial charge in [0.1, 0.15) is 0 Å². The molecule has 0 bridgehead atoms. The van der Waals surface area contributed by atoms with E-state index in [2.05, 4.69) is 28.1 Å². The molecule has 1 aromatic heterocycles. The van der Waals surface area contributed by atoms with Crippen molar-refractivity contribution < 1.29 is 15.0 Å². The van der Waals surface area contributed by atoms with E-state index >= 15 is 0 Å². The number of aromatic nitrogens is 1. The largest absolute Gasteiger partial charge is 0.390 e. The molecule has 3 aliphatic rings. The molecule has 1 aromatic carbocycles. The van der Waals surface area contributed by atoms with Gasteiger partial charge in [-0.15, -0.1) is 0 Å². The molecule has 176 valence electrons. The van der Waals surface area contributed by atoms with E-state index in [9.17, 15) is 15.0 Å². The molecule has 0 spiro atoms. The average molecular weight is 534 g/mol. The smallest absolute Gasteiger partial charge is 0.225 e. The van der Waals surface area contributed by atoms with Crippen LogP contribution < -0.4 is 0 Å². The Morgan fingerprint density at radius 1 is 1.06 bits per heavy atom. The number of halogens is 2. The zero-order valence-corrected chi connectivity index (χ0v) is 20.9. The molecule has 1 saturated carbocycles. The second kappa shape index (κ2) is 9.65. The molecule has 2 aliphatic carbocycles. The SMILES string of the molecule is O=C(C1CCC(O)C(O)C1)N1CCC([C@H]2c3ncccc3CCc3cc(Cl)cc(Br)c32)CC1. The van der Waals surface area contributed by atoms with Gasteiger partial charge >= 0.3 is 0 Å². The first-order valence-electron chi connectivity index (χ1n) is 12.0. The predicted molar refractivity (Wildman–Crippen MR) is 131 cm³/mol. The lowest BCUT2D eigenvalue weighted by Crippen LogP contribution is -2.46. The van der Waals surface area contributed by atoms with Gasteiger partial charge in [-0.25, -0.2) is 0 Å². The van der Waals surface area contributed by atoms with E-state index in [4.69, 9.17) is 16.6 Å². The molecule has 33 heavy (non-hydrogen) atoms. The fraction of sp³-hybridized carbons (Fsp3) is 0.538. The van der Waals surface area contributed by atoms with Crippen LogP contribution in [-0.2, 0) is 17.6 Å². The summed E-state index contributed by atoms with van der Waals surface area (Å²) in [4.78, 5) is 20.0.